The third-order valence-corrected chi connectivity index (χ3v) is 8.89. The summed E-state index contributed by atoms with van der Waals surface area (Å²) in [4.78, 5) is 12.9. The van der Waals surface area contributed by atoms with Crippen LogP contribution in [0, 0.1) is 22.5 Å². The summed E-state index contributed by atoms with van der Waals surface area (Å²) in [5.41, 5.74) is 1.98. The molecule has 2 bridgehead atoms. The van der Waals surface area contributed by atoms with Gasteiger partial charge in [-0.1, -0.05) is 24.3 Å². The molecule has 8 heteroatoms. The van der Waals surface area contributed by atoms with Gasteiger partial charge in [0.2, 0.25) is 0 Å². The first-order valence-corrected chi connectivity index (χ1v) is 12.4. The molecule has 2 unspecified atom stereocenters. The number of benzene rings is 2. The van der Waals surface area contributed by atoms with Gasteiger partial charge in [-0.2, -0.15) is 13.2 Å². The van der Waals surface area contributed by atoms with Crippen molar-refractivity contribution in [2.45, 2.75) is 57.3 Å². The van der Waals surface area contributed by atoms with E-state index in [1.165, 1.54) is 0 Å². The Balaban J connectivity index is 1.41. The Bertz CT molecular complexity index is 1330. The van der Waals surface area contributed by atoms with Gasteiger partial charge in [0, 0.05) is 24.2 Å². The van der Waals surface area contributed by atoms with Gasteiger partial charge in [0.15, 0.2) is 0 Å². The lowest BCUT2D eigenvalue weighted by atomic mass is 9.34. The number of carbonyl (C=O) groups is 1. The van der Waals surface area contributed by atoms with Crippen LogP contribution in [0.15, 0.2) is 48.0 Å². The van der Waals surface area contributed by atoms with Crippen molar-refractivity contribution < 1.29 is 31.9 Å². The zero-order chi connectivity index (χ0) is 26.3. The first kappa shape index (κ1) is 24.3. The highest BCUT2D eigenvalue weighted by Gasteiger charge is 2.78. The first-order valence-electron chi connectivity index (χ1n) is 12.4. The number of halogens is 5. The molecule has 0 aromatic heterocycles. The molecule has 37 heavy (non-hydrogen) atoms. The molecule has 3 fully saturated rings. The Hall–Kier alpha value is -3.00. The van der Waals surface area contributed by atoms with Gasteiger partial charge in [0.25, 0.3) is 0 Å². The fourth-order valence-electron chi connectivity index (χ4n) is 7.39. The minimum Gasteiger partial charge on any atom is -0.478 e. The van der Waals surface area contributed by atoms with Crippen LogP contribution in [0.25, 0.3) is 11.6 Å². The lowest BCUT2D eigenvalue weighted by Gasteiger charge is -2.72. The zero-order valence-corrected chi connectivity index (χ0v) is 20.2. The number of carboxylic acid groups (broad SMARTS) is 1. The smallest absolute Gasteiger partial charge is 0.394 e. The standard InChI is InChI=1S/C29H26F5NO2/c1-16-8-20-19-5-3-2-4-18(19)11-21(20)26(25-22(30)9-17(10-23(25)31)6-7-24(36)37)35(16)15-27-12-28(13-27,14-27)29(32,33)34/h2-7,9-10,16,26H,8,11-15H2,1H3,(H,36,37)/b7-6+. The molecule has 0 spiro atoms. The summed E-state index contributed by atoms with van der Waals surface area (Å²) in [6.07, 6.45) is -0.892. The fourth-order valence-corrected chi connectivity index (χ4v) is 7.39. The van der Waals surface area contributed by atoms with Crippen molar-refractivity contribution in [3.63, 3.8) is 0 Å². The number of rotatable bonds is 5. The molecule has 5 aliphatic rings. The van der Waals surface area contributed by atoms with Crippen molar-refractivity contribution in [1.29, 1.82) is 0 Å². The van der Waals surface area contributed by atoms with E-state index in [1.807, 2.05) is 36.1 Å². The number of nitrogens with zero attached hydrogens (tertiary/aromatic N) is 1. The maximum Gasteiger partial charge on any atom is 0.394 e. The van der Waals surface area contributed by atoms with E-state index in [1.54, 1.807) is 0 Å². The zero-order valence-electron chi connectivity index (χ0n) is 20.2. The highest BCUT2D eigenvalue weighted by molar-refractivity contribution is 5.85. The number of fused-ring (bicyclic) bond motifs is 2. The minimum atomic E-state index is -4.22. The molecule has 3 saturated carbocycles. The Morgan fingerprint density at radius 3 is 2.41 bits per heavy atom. The number of aliphatic carboxylic acids is 1. The SMILES string of the molecule is CC1CC2=C(Cc3ccccc32)C(c2c(F)cc(/C=C/C(=O)O)cc2F)N1CC12CC(C(F)(F)F)(C1)C2. The molecule has 0 radical (unpaired) electrons. The van der Waals surface area contributed by atoms with E-state index in [9.17, 15) is 18.0 Å². The van der Waals surface area contributed by atoms with Gasteiger partial charge < -0.3 is 5.11 Å². The molecule has 2 aromatic carbocycles. The highest BCUT2D eigenvalue weighted by atomic mass is 19.4. The number of hydrogen-bond acceptors (Lipinski definition) is 2. The largest absolute Gasteiger partial charge is 0.478 e. The van der Waals surface area contributed by atoms with E-state index < -0.39 is 40.7 Å². The second-order valence-electron chi connectivity index (χ2n) is 11.3. The number of carboxylic acids is 1. The third kappa shape index (κ3) is 3.67. The van der Waals surface area contributed by atoms with Gasteiger partial charge in [-0.25, -0.2) is 13.6 Å². The topological polar surface area (TPSA) is 40.5 Å². The fraction of sp³-hybridized carbons (Fsp3) is 0.414. The maximum absolute atomic E-state index is 15.6. The average Bonchev–Trinajstić information content (AvgIpc) is 3.11. The van der Waals surface area contributed by atoms with Crippen molar-refractivity contribution >= 4 is 17.6 Å². The molecular weight excluding hydrogens is 489 g/mol. The summed E-state index contributed by atoms with van der Waals surface area (Å²) in [5, 5.41) is 8.88. The Kier molecular flexibility index (Phi) is 5.26. The number of hydrogen-bond donors (Lipinski definition) is 1. The summed E-state index contributed by atoms with van der Waals surface area (Å²) < 4.78 is 71.8. The molecule has 2 aromatic rings. The molecule has 7 rings (SSSR count). The molecule has 194 valence electrons. The molecule has 1 heterocycles. The van der Waals surface area contributed by atoms with Crippen molar-refractivity contribution in [1.82, 2.24) is 4.90 Å². The van der Waals surface area contributed by atoms with Crippen molar-refractivity contribution in [2.75, 3.05) is 6.54 Å². The molecule has 1 aliphatic heterocycles. The molecule has 2 atom stereocenters. The van der Waals surface area contributed by atoms with E-state index in [2.05, 4.69) is 0 Å². The summed E-state index contributed by atoms with van der Waals surface area (Å²) >= 11 is 0. The highest BCUT2D eigenvalue weighted by Crippen LogP contribution is 2.79. The second-order valence-corrected chi connectivity index (χ2v) is 11.3. The Morgan fingerprint density at radius 1 is 1.14 bits per heavy atom. The van der Waals surface area contributed by atoms with Crippen molar-refractivity contribution in [3.8, 4) is 0 Å². The first-order chi connectivity index (χ1) is 17.4. The summed E-state index contributed by atoms with van der Waals surface area (Å²) in [5.74, 6) is -2.81. The predicted octanol–water partition coefficient (Wildman–Crippen LogP) is 6.94. The molecule has 0 amide bonds. The van der Waals surface area contributed by atoms with Gasteiger partial charge >= 0.3 is 12.1 Å². The van der Waals surface area contributed by atoms with Crippen LogP contribution < -0.4 is 0 Å². The average molecular weight is 516 g/mol. The Morgan fingerprint density at radius 2 is 1.78 bits per heavy atom. The van der Waals surface area contributed by atoms with Crippen LogP contribution in [-0.2, 0) is 11.2 Å². The molecular formula is C29H26F5NO2. The van der Waals surface area contributed by atoms with Crippen LogP contribution in [-0.4, -0.2) is 34.7 Å². The maximum atomic E-state index is 15.6. The lowest BCUT2D eigenvalue weighted by molar-refractivity contribution is -0.366. The predicted molar refractivity (Wildman–Crippen MR) is 128 cm³/mol. The van der Waals surface area contributed by atoms with Crippen molar-refractivity contribution in [2.24, 2.45) is 10.8 Å². The monoisotopic (exact) mass is 515 g/mol. The van der Waals surface area contributed by atoms with Gasteiger partial charge in [-0.05, 0) is 90.5 Å². The molecule has 4 aliphatic carbocycles. The summed E-state index contributed by atoms with van der Waals surface area (Å²) in [7, 11) is 0. The van der Waals surface area contributed by atoms with Crippen molar-refractivity contribution in [3.05, 3.63) is 81.9 Å². The quantitative estimate of drug-likeness (QED) is 0.346. The lowest BCUT2D eigenvalue weighted by Crippen LogP contribution is -2.71. The second kappa shape index (κ2) is 8.00. The summed E-state index contributed by atoms with van der Waals surface area (Å²) in [6, 6.07) is 9.24. The van der Waals surface area contributed by atoms with E-state index >= 15 is 8.78 Å². The van der Waals surface area contributed by atoms with E-state index in [-0.39, 0.29) is 36.4 Å². The van der Waals surface area contributed by atoms with E-state index in [0.29, 0.717) is 19.4 Å². The van der Waals surface area contributed by atoms with E-state index in [4.69, 9.17) is 5.11 Å². The van der Waals surface area contributed by atoms with Crippen LogP contribution in [0.5, 0.6) is 0 Å². The summed E-state index contributed by atoms with van der Waals surface area (Å²) in [6.45, 7) is 2.33. The van der Waals surface area contributed by atoms with Gasteiger partial charge in [-0.15, -0.1) is 0 Å². The van der Waals surface area contributed by atoms with Crippen LogP contribution in [0.2, 0.25) is 0 Å². The third-order valence-electron chi connectivity index (χ3n) is 8.89. The Labute approximate surface area is 211 Å². The van der Waals surface area contributed by atoms with Gasteiger partial charge in [0.1, 0.15) is 11.6 Å². The van der Waals surface area contributed by atoms with Crippen LogP contribution >= 0.6 is 0 Å². The van der Waals surface area contributed by atoms with Crippen LogP contribution in [0.1, 0.15) is 60.9 Å². The van der Waals surface area contributed by atoms with E-state index in [0.717, 1.165) is 46.6 Å². The molecule has 3 nitrogen and oxygen atoms in total. The molecule has 0 saturated heterocycles. The van der Waals surface area contributed by atoms with Gasteiger partial charge in [0.05, 0.1) is 11.5 Å². The molecule has 1 N–H and O–H groups in total. The van der Waals surface area contributed by atoms with Gasteiger partial charge in [-0.3, -0.25) is 4.90 Å². The minimum absolute atomic E-state index is 0.0649. The van der Waals surface area contributed by atoms with Crippen LogP contribution in [0.3, 0.4) is 0 Å². The number of alkyl halides is 3. The van der Waals surface area contributed by atoms with Crippen LogP contribution in [0.4, 0.5) is 22.0 Å². The normalized spacial score (nSPS) is 30.6.